The molecule has 0 aliphatic carbocycles. The number of hydrogen-bond acceptors (Lipinski definition) is 3. The molecule has 116 valence electrons. The van der Waals surface area contributed by atoms with Crippen molar-refractivity contribution in [1.29, 1.82) is 0 Å². The van der Waals surface area contributed by atoms with E-state index in [0.29, 0.717) is 0 Å². The van der Waals surface area contributed by atoms with E-state index in [1.54, 1.807) is 7.11 Å². The molecule has 0 bridgehead atoms. The van der Waals surface area contributed by atoms with Crippen molar-refractivity contribution < 1.29 is 9.15 Å². The average Bonchev–Trinajstić information content (AvgIpc) is 2.91. The summed E-state index contributed by atoms with van der Waals surface area (Å²) in [5.74, 6) is 0.980. The molecule has 2 aromatic rings. The molecule has 0 fully saturated rings. The minimum absolute atomic E-state index is 0.113. The van der Waals surface area contributed by atoms with Crippen molar-refractivity contribution in [2.45, 2.75) is 52.2 Å². The minimum Gasteiger partial charge on any atom is -0.459 e. The van der Waals surface area contributed by atoms with Gasteiger partial charge in [-0.2, -0.15) is 0 Å². The third-order valence-corrected chi connectivity index (χ3v) is 3.93. The fourth-order valence-corrected chi connectivity index (χ4v) is 2.80. The normalized spacial score (nSPS) is 14.5. The molecule has 0 spiro atoms. The minimum atomic E-state index is 0.113. The number of nitrogens with one attached hydrogen (secondary N) is 1. The number of furan rings is 1. The molecule has 1 aromatic heterocycles. The Labute approximate surface area is 127 Å². The molecule has 0 aliphatic rings. The lowest BCUT2D eigenvalue weighted by Gasteiger charge is -2.25. The van der Waals surface area contributed by atoms with Crippen molar-refractivity contribution in [2.24, 2.45) is 0 Å². The summed E-state index contributed by atoms with van der Waals surface area (Å²) in [7, 11) is 1.79. The number of ether oxygens (including phenoxy) is 1. The van der Waals surface area contributed by atoms with Gasteiger partial charge in [0, 0.05) is 12.5 Å². The van der Waals surface area contributed by atoms with Gasteiger partial charge in [-0.15, -0.1) is 0 Å². The molecule has 3 nitrogen and oxygen atoms in total. The number of aryl methyl sites for hydroxylation is 1. The topological polar surface area (TPSA) is 34.4 Å². The van der Waals surface area contributed by atoms with E-state index < -0.39 is 0 Å². The van der Waals surface area contributed by atoms with Crippen molar-refractivity contribution in [3.05, 3.63) is 35.6 Å². The van der Waals surface area contributed by atoms with Crippen LogP contribution in [0.15, 0.2) is 28.7 Å². The molecule has 1 N–H and O–H groups in total. The van der Waals surface area contributed by atoms with Crippen LogP contribution in [0.3, 0.4) is 0 Å². The van der Waals surface area contributed by atoms with Crippen molar-refractivity contribution in [3.63, 3.8) is 0 Å². The molecule has 2 atom stereocenters. The molecular formula is C18H27NO2. The SMILES string of the molecule is CCCNC(c1cc2cccc(C)c2o1)C(CCC)OC. The van der Waals surface area contributed by atoms with Crippen molar-refractivity contribution in [2.75, 3.05) is 13.7 Å². The third kappa shape index (κ3) is 3.66. The monoisotopic (exact) mass is 289 g/mol. The summed E-state index contributed by atoms with van der Waals surface area (Å²) in [6.07, 6.45) is 3.36. The number of benzene rings is 1. The predicted octanol–water partition coefficient (Wildman–Crippen LogP) is 4.60. The maximum Gasteiger partial charge on any atom is 0.137 e. The molecule has 2 unspecified atom stereocenters. The van der Waals surface area contributed by atoms with Crippen LogP contribution in [0.2, 0.25) is 0 Å². The second-order valence-electron chi connectivity index (χ2n) is 5.64. The summed E-state index contributed by atoms with van der Waals surface area (Å²) in [5, 5.41) is 4.75. The van der Waals surface area contributed by atoms with Gasteiger partial charge in [0.05, 0.1) is 12.1 Å². The highest BCUT2D eigenvalue weighted by atomic mass is 16.5. The fraction of sp³-hybridized carbons (Fsp3) is 0.556. The van der Waals surface area contributed by atoms with Gasteiger partial charge in [0.2, 0.25) is 0 Å². The quantitative estimate of drug-likeness (QED) is 0.771. The van der Waals surface area contributed by atoms with E-state index >= 15 is 0 Å². The van der Waals surface area contributed by atoms with E-state index in [-0.39, 0.29) is 12.1 Å². The molecule has 1 aromatic carbocycles. The van der Waals surface area contributed by atoms with Crippen LogP contribution in [0.5, 0.6) is 0 Å². The predicted molar refractivity (Wildman–Crippen MR) is 87.7 cm³/mol. The molecule has 3 heteroatoms. The summed E-state index contributed by atoms with van der Waals surface area (Å²) < 4.78 is 11.9. The van der Waals surface area contributed by atoms with Gasteiger partial charge in [-0.1, -0.05) is 38.5 Å². The van der Waals surface area contributed by atoms with Crippen molar-refractivity contribution in [3.8, 4) is 0 Å². The zero-order valence-electron chi connectivity index (χ0n) is 13.6. The highest BCUT2D eigenvalue weighted by Gasteiger charge is 2.25. The Bertz CT molecular complexity index is 561. The Hall–Kier alpha value is -1.32. The molecule has 0 amide bonds. The van der Waals surface area contributed by atoms with Crippen molar-refractivity contribution >= 4 is 11.0 Å². The van der Waals surface area contributed by atoms with Gasteiger partial charge in [0.1, 0.15) is 11.3 Å². The van der Waals surface area contributed by atoms with Gasteiger partial charge in [-0.3, -0.25) is 0 Å². The molecule has 0 aliphatic heterocycles. The van der Waals surface area contributed by atoms with Crippen LogP contribution in [0.4, 0.5) is 0 Å². The summed E-state index contributed by atoms with van der Waals surface area (Å²) in [6.45, 7) is 7.41. The highest BCUT2D eigenvalue weighted by Crippen LogP contribution is 2.30. The highest BCUT2D eigenvalue weighted by molar-refractivity contribution is 5.81. The Balaban J connectivity index is 2.34. The van der Waals surface area contributed by atoms with Gasteiger partial charge < -0.3 is 14.5 Å². The molecule has 1 heterocycles. The summed E-state index contributed by atoms with van der Waals surface area (Å²) in [6, 6.07) is 8.53. The van der Waals surface area contributed by atoms with E-state index in [1.165, 1.54) is 10.9 Å². The maximum absolute atomic E-state index is 6.14. The lowest BCUT2D eigenvalue weighted by Crippen LogP contribution is -2.33. The van der Waals surface area contributed by atoms with Gasteiger partial charge >= 0.3 is 0 Å². The van der Waals surface area contributed by atoms with E-state index in [1.807, 2.05) is 0 Å². The number of hydrogen-bond donors (Lipinski definition) is 1. The standard InChI is InChI=1S/C18H27NO2/c1-5-8-15(20-4)17(19-11-6-2)16-12-14-10-7-9-13(3)18(14)21-16/h7,9-10,12,15,17,19H,5-6,8,11H2,1-4H3. The van der Waals surface area contributed by atoms with Crippen LogP contribution in [-0.2, 0) is 4.74 Å². The first-order valence-electron chi connectivity index (χ1n) is 7.96. The van der Waals surface area contributed by atoms with Gasteiger partial charge in [0.25, 0.3) is 0 Å². The molecule has 0 saturated carbocycles. The summed E-state index contributed by atoms with van der Waals surface area (Å²) in [4.78, 5) is 0. The summed E-state index contributed by atoms with van der Waals surface area (Å²) in [5.41, 5.74) is 2.17. The van der Waals surface area contributed by atoms with E-state index in [2.05, 4.69) is 50.4 Å². The van der Waals surface area contributed by atoms with Crippen LogP contribution < -0.4 is 5.32 Å². The van der Waals surface area contributed by atoms with Gasteiger partial charge in [0.15, 0.2) is 0 Å². The zero-order chi connectivity index (χ0) is 15.2. The number of methoxy groups -OCH3 is 1. The molecule has 21 heavy (non-hydrogen) atoms. The maximum atomic E-state index is 6.14. The first-order chi connectivity index (χ1) is 10.2. The largest absolute Gasteiger partial charge is 0.459 e. The zero-order valence-corrected chi connectivity index (χ0v) is 13.6. The van der Waals surface area contributed by atoms with Crippen LogP contribution in [0.25, 0.3) is 11.0 Å². The van der Waals surface area contributed by atoms with Crippen LogP contribution in [-0.4, -0.2) is 19.8 Å². The van der Waals surface area contributed by atoms with E-state index in [0.717, 1.165) is 37.2 Å². The lowest BCUT2D eigenvalue weighted by atomic mass is 10.0. The Morgan fingerprint density at radius 2 is 2.05 bits per heavy atom. The van der Waals surface area contributed by atoms with Crippen LogP contribution >= 0.6 is 0 Å². The number of rotatable bonds is 8. The van der Waals surface area contributed by atoms with Gasteiger partial charge in [-0.25, -0.2) is 0 Å². The van der Waals surface area contributed by atoms with Crippen LogP contribution in [0, 0.1) is 6.92 Å². The molecule has 0 saturated heterocycles. The van der Waals surface area contributed by atoms with E-state index in [4.69, 9.17) is 9.15 Å². The van der Waals surface area contributed by atoms with Gasteiger partial charge in [-0.05, 0) is 37.9 Å². The second-order valence-corrected chi connectivity index (χ2v) is 5.64. The second kappa shape index (κ2) is 7.62. The Kier molecular flexibility index (Phi) is 5.83. The lowest BCUT2D eigenvalue weighted by molar-refractivity contribution is 0.0542. The molecular weight excluding hydrogens is 262 g/mol. The molecule has 0 radical (unpaired) electrons. The smallest absolute Gasteiger partial charge is 0.137 e. The first-order valence-corrected chi connectivity index (χ1v) is 7.96. The average molecular weight is 289 g/mol. The number of para-hydroxylation sites is 1. The first kappa shape index (κ1) is 16.1. The summed E-state index contributed by atoms with van der Waals surface area (Å²) >= 11 is 0. The third-order valence-electron chi connectivity index (χ3n) is 3.93. The number of fused-ring (bicyclic) bond motifs is 1. The fourth-order valence-electron chi connectivity index (χ4n) is 2.80. The Morgan fingerprint density at radius 3 is 2.67 bits per heavy atom. The van der Waals surface area contributed by atoms with Crippen LogP contribution in [0.1, 0.15) is 50.5 Å². The van der Waals surface area contributed by atoms with E-state index in [9.17, 15) is 0 Å². The Morgan fingerprint density at radius 1 is 1.24 bits per heavy atom. The molecule has 2 rings (SSSR count). The van der Waals surface area contributed by atoms with Crippen molar-refractivity contribution in [1.82, 2.24) is 5.32 Å².